The van der Waals surface area contributed by atoms with Crippen LogP contribution in [0.5, 0.6) is 0 Å². The fraction of sp³-hybridized carbons (Fsp3) is 0.536. The molecule has 0 aliphatic carbocycles. The van der Waals surface area contributed by atoms with Crippen molar-refractivity contribution >= 4 is 29.5 Å². The Morgan fingerprint density at radius 3 is 2.39 bits per heavy atom. The van der Waals surface area contributed by atoms with Crippen LogP contribution in [0.2, 0.25) is 0 Å². The first-order valence-corrected chi connectivity index (χ1v) is 13.7. The summed E-state index contributed by atoms with van der Waals surface area (Å²) in [6.45, 7) is 7.64. The first kappa shape index (κ1) is 25.1. The van der Waals surface area contributed by atoms with E-state index in [1.54, 1.807) is 28.5 Å². The second-order valence-corrected chi connectivity index (χ2v) is 12.4. The highest BCUT2D eigenvalue weighted by Crippen LogP contribution is 2.65. The number of carbonyl (C=O) groups excluding carboxylic acids is 3. The maximum Gasteiger partial charge on any atom is 0.247 e. The summed E-state index contributed by atoms with van der Waals surface area (Å²) in [4.78, 5) is 47.6. The van der Waals surface area contributed by atoms with Gasteiger partial charge in [-0.2, -0.15) is 0 Å². The van der Waals surface area contributed by atoms with Crippen molar-refractivity contribution in [2.75, 3.05) is 26.2 Å². The van der Waals surface area contributed by atoms with E-state index in [4.69, 9.17) is 0 Å². The molecule has 36 heavy (non-hydrogen) atoms. The van der Waals surface area contributed by atoms with Crippen molar-refractivity contribution in [3.05, 3.63) is 60.2 Å². The summed E-state index contributed by atoms with van der Waals surface area (Å²) in [5.41, 5.74) is 1.02. The molecular formula is C28H35N3O4S. The van der Waals surface area contributed by atoms with Crippen LogP contribution in [0.25, 0.3) is 0 Å². The summed E-state index contributed by atoms with van der Waals surface area (Å²) < 4.78 is -1.48. The minimum Gasteiger partial charge on any atom is -0.394 e. The molecule has 0 bridgehead atoms. The van der Waals surface area contributed by atoms with Crippen molar-refractivity contribution in [2.24, 2.45) is 11.8 Å². The van der Waals surface area contributed by atoms with Crippen molar-refractivity contribution in [1.82, 2.24) is 14.7 Å². The second kappa shape index (κ2) is 9.38. The van der Waals surface area contributed by atoms with Crippen molar-refractivity contribution in [1.29, 1.82) is 0 Å². The zero-order valence-electron chi connectivity index (χ0n) is 21.2. The molecule has 5 rings (SSSR count). The van der Waals surface area contributed by atoms with Gasteiger partial charge in [0, 0.05) is 30.9 Å². The summed E-state index contributed by atoms with van der Waals surface area (Å²) >= 11 is 1.58. The van der Waals surface area contributed by atoms with Gasteiger partial charge in [-0.3, -0.25) is 14.4 Å². The summed E-state index contributed by atoms with van der Waals surface area (Å²) in [6.07, 6.45) is 8.98. The van der Waals surface area contributed by atoms with E-state index >= 15 is 0 Å². The quantitative estimate of drug-likeness (QED) is 0.596. The topological polar surface area (TPSA) is 81.2 Å². The average Bonchev–Trinajstić information content (AvgIpc) is 3.15. The number of thioether (sulfide) groups is 1. The number of aliphatic hydroxyl groups is 1. The van der Waals surface area contributed by atoms with Crippen LogP contribution in [-0.4, -0.2) is 85.3 Å². The molecule has 6 atom stereocenters. The molecule has 8 heteroatoms. The molecule has 1 unspecified atom stereocenters. The average molecular weight is 510 g/mol. The van der Waals surface area contributed by atoms with Crippen molar-refractivity contribution in [3.63, 3.8) is 0 Å². The van der Waals surface area contributed by atoms with E-state index in [0.717, 1.165) is 12.0 Å². The smallest absolute Gasteiger partial charge is 0.247 e. The molecule has 2 fully saturated rings. The van der Waals surface area contributed by atoms with E-state index in [1.165, 1.54) is 0 Å². The number of rotatable bonds is 6. The van der Waals surface area contributed by atoms with Crippen LogP contribution < -0.4 is 0 Å². The molecule has 0 saturated carbocycles. The lowest BCUT2D eigenvalue weighted by molar-refractivity contribution is -0.147. The van der Waals surface area contributed by atoms with Crippen molar-refractivity contribution in [2.45, 2.75) is 55.3 Å². The number of amides is 3. The Morgan fingerprint density at radius 1 is 1.00 bits per heavy atom. The third-order valence-corrected chi connectivity index (χ3v) is 9.91. The minimum atomic E-state index is -0.877. The molecule has 192 valence electrons. The summed E-state index contributed by atoms with van der Waals surface area (Å²) in [6, 6.07) is 8.51. The molecule has 3 amide bonds. The number of hydrogen-bond acceptors (Lipinski definition) is 5. The molecule has 4 heterocycles. The molecule has 1 spiro atoms. The molecule has 0 radical (unpaired) electrons. The Labute approximate surface area is 217 Å². The normalized spacial score (nSPS) is 34.4. The van der Waals surface area contributed by atoms with Crippen molar-refractivity contribution in [3.8, 4) is 0 Å². The first-order valence-electron chi connectivity index (χ1n) is 12.9. The van der Waals surface area contributed by atoms with Crippen LogP contribution in [0.4, 0.5) is 0 Å². The molecule has 4 aliphatic rings. The van der Waals surface area contributed by atoms with Crippen LogP contribution in [0.1, 0.15) is 32.8 Å². The minimum absolute atomic E-state index is 0.0180. The van der Waals surface area contributed by atoms with Gasteiger partial charge in [0.05, 0.1) is 29.2 Å². The highest BCUT2D eigenvalue weighted by molar-refractivity contribution is 8.02. The fourth-order valence-corrected chi connectivity index (χ4v) is 8.68. The van der Waals surface area contributed by atoms with E-state index in [-0.39, 0.29) is 24.3 Å². The molecule has 2 saturated heterocycles. The second-order valence-electron chi connectivity index (χ2n) is 10.6. The third-order valence-electron chi connectivity index (χ3n) is 8.11. The number of fused-ring (bicyclic) bond motifs is 2. The van der Waals surface area contributed by atoms with Crippen LogP contribution in [0.3, 0.4) is 0 Å². The highest BCUT2D eigenvalue weighted by Gasteiger charge is 2.74. The number of benzene rings is 1. The summed E-state index contributed by atoms with van der Waals surface area (Å²) in [5.74, 6) is -1.60. The molecule has 0 aromatic heterocycles. The number of aliphatic hydroxyl groups excluding tert-OH is 1. The van der Waals surface area contributed by atoms with Gasteiger partial charge >= 0.3 is 0 Å². The monoisotopic (exact) mass is 509 g/mol. The molecular weight excluding hydrogens is 474 g/mol. The SMILES string of the molecule is CCCN1CC=C[C@]2(C)S[C@]34C=CCN(Cc5ccccc5)C(=O)C3N([C@H](C)CO)C(=O)[C@@H]4[C@@H]2C1=O. The lowest BCUT2D eigenvalue weighted by atomic mass is 9.74. The Bertz CT molecular complexity index is 1110. The van der Waals surface area contributed by atoms with Gasteiger partial charge in [-0.05, 0) is 25.8 Å². The van der Waals surface area contributed by atoms with Crippen LogP contribution in [-0.2, 0) is 20.9 Å². The fourth-order valence-electron chi connectivity index (χ4n) is 6.54. The first-order chi connectivity index (χ1) is 17.3. The van der Waals surface area contributed by atoms with Gasteiger partial charge in [-0.1, -0.05) is 61.6 Å². The van der Waals surface area contributed by atoms with Crippen molar-refractivity contribution < 1.29 is 19.5 Å². The third kappa shape index (κ3) is 3.72. The van der Waals surface area contributed by atoms with E-state index < -0.39 is 33.4 Å². The molecule has 1 N–H and O–H groups in total. The molecule has 4 aliphatic heterocycles. The van der Waals surface area contributed by atoms with Crippen LogP contribution >= 0.6 is 11.8 Å². The van der Waals surface area contributed by atoms with Crippen LogP contribution in [0, 0.1) is 11.8 Å². The lowest BCUT2D eigenvalue weighted by Crippen LogP contribution is -2.56. The number of hydrogen-bond donors (Lipinski definition) is 1. The Hall–Kier alpha value is -2.58. The zero-order chi connectivity index (χ0) is 25.7. The van der Waals surface area contributed by atoms with Gasteiger partial charge in [0.15, 0.2) is 0 Å². The summed E-state index contributed by atoms with van der Waals surface area (Å²) in [5, 5.41) is 10.1. The predicted octanol–water partition coefficient (Wildman–Crippen LogP) is 2.46. The van der Waals surface area contributed by atoms with Gasteiger partial charge in [-0.25, -0.2) is 0 Å². The van der Waals surface area contributed by atoms with E-state index in [2.05, 4.69) is 6.08 Å². The lowest BCUT2D eigenvalue weighted by Gasteiger charge is -2.38. The Balaban J connectivity index is 1.60. The number of likely N-dealkylation sites (tertiary alicyclic amines) is 1. The molecule has 7 nitrogen and oxygen atoms in total. The van der Waals surface area contributed by atoms with Gasteiger partial charge in [-0.15, -0.1) is 11.8 Å². The predicted molar refractivity (Wildman–Crippen MR) is 140 cm³/mol. The number of nitrogens with zero attached hydrogens (tertiary/aromatic N) is 3. The highest BCUT2D eigenvalue weighted by atomic mass is 32.2. The van der Waals surface area contributed by atoms with E-state index in [9.17, 15) is 19.5 Å². The van der Waals surface area contributed by atoms with E-state index in [1.807, 2.05) is 67.3 Å². The van der Waals surface area contributed by atoms with E-state index in [0.29, 0.717) is 26.2 Å². The van der Waals surface area contributed by atoms with Gasteiger partial charge in [0.2, 0.25) is 17.7 Å². The number of carbonyl (C=O) groups is 3. The van der Waals surface area contributed by atoms with Gasteiger partial charge in [0.25, 0.3) is 0 Å². The summed E-state index contributed by atoms with van der Waals surface area (Å²) in [7, 11) is 0. The molecule has 1 aromatic carbocycles. The maximum atomic E-state index is 14.3. The van der Waals surface area contributed by atoms with Gasteiger partial charge < -0.3 is 19.8 Å². The standard InChI is InChI=1S/C28H35N3O4S/c1-4-14-29-15-8-12-27(3)21(24(29)33)22-25(34)31(19(2)18-32)23-26(35)30(16-9-13-28(22,23)36-27)17-20-10-6-5-7-11-20/h5-13,19,21-23,32H,4,14-18H2,1-3H3/t19-,21-,22+,23?,27+,28+/m1/s1. The Morgan fingerprint density at radius 2 is 1.69 bits per heavy atom. The Kier molecular flexibility index (Phi) is 6.53. The molecule has 1 aromatic rings. The zero-order valence-corrected chi connectivity index (χ0v) is 22.0. The van der Waals surface area contributed by atoms with Gasteiger partial charge in [0.1, 0.15) is 6.04 Å². The maximum absolute atomic E-state index is 14.3. The van der Waals surface area contributed by atoms with Crippen LogP contribution in [0.15, 0.2) is 54.6 Å². The largest absolute Gasteiger partial charge is 0.394 e.